The second-order valence-corrected chi connectivity index (χ2v) is 15.9. The van der Waals surface area contributed by atoms with Crippen molar-refractivity contribution in [2.75, 3.05) is 40.1 Å². The third-order valence-corrected chi connectivity index (χ3v) is 13.1. The van der Waals surface area contributed by atoms with Gasteiger partial charge in [-0.3, -0.25) is 14.6 Å². The number of aryl methyl sites for hydroxylation is 1. The van der Waals surface area contributed by atoms with E-state index in [-0.39, 0.29) is 55.7 Å². The van der Waals surface area contributed by atoms with E-state index in [9.17, 15) is 20.0 Å². The van der Waals surface area contributed by atoms with Crippen LogP contribution in [0, 0.1) is 32.1 Å². The number of methoxy groups -OCH3 is 1. The minimum Gasteiger partial charge on any atom is -0.507 e. The lowest BCUT2D eigenvalue weighted by atomic mass is 9.71. The molecule has 2 N–H and O–H groups in total. The molecule has 4 bridgehead atoms. The average Bonchev–Trinajstić information content (AvgIpc) is 3.62. The van der Waals surface area contributed by atoms with Crippen molar-refractivity contribution in [2.45, 2.75) is 114 Å². The van der Waals surface area contributed by atoms with Crippen LogP contribution in [-0.4, -0.2) is 91.1 Å². The van der Waals surface area contributed by atoms with Gasteiger partial charge >= 0.3 is 5.97 Å². The lowest BCUT2D eigenvalue weighted by molar-refractivity contribution is -0.152. The number of hydrogen-bond acceptors (Lipinski definition) is 12. The lowest BCUT2D eigenvalue weighted by Crippen LogP contribution is -2.69. The molecule has 0 aliphatic carbocycles. The van der Waals surface area contributed by atoms with Crippen LogP contribution in [0.25, 0.3) is 0 Å². The summed E-state index contributed by atoms with van der Waals surface area (Å²) < 4.78 is 29.9. The highest BCUT2D eigenvalue weighted by Gasteiger charge is 2.60. The maximum Gasteiger partial charge on any atom is 0.329 e. The highest BCUT2D eigenvalue weighted by molar-refractivity contribution is 7.99. The summed E-state index contributed by atoms with van der Waals surface area (Å²) in [6.45, 7) is 8.08. The number of unbranched alkanes of at least 4 members (excludes halogenated alkanes) is 4. The quantitative estimate of drug-likeness (QED) is 0.183. The first-order valence-electron chi connectivity index (χ1n) is 18.5. The molecular formula is C39H50N4O8S. The molecule has 0 spiro atoms. The number of nitriles is 1. The average molecular weight is 735 g/mol. The summed E-state index contributed by atoms with van der Waals surface area (Å²) in [5.74, 6) is 1.36. The van der Waals surface area contributed by atoms with E-state index in [0.717, 1.165) is 60.1 Å². The maximum absolute atomic E-state index is 13.8. The number of nitrogens with zero attached hydrogens (tertiary/aromatic N) is 3. The number of carbonyl (C=O) groups is 2. The monoisotopic (exact) mass is 734 g/mol. The number of esters is 1. The molecule has 2 saturated heterocycles. The van der Waals surface area contributed by atoms with E-state index in [4.69, 9.17) is 23.7 Å². The van der Waals surface area contributed by atoms with Crippen molar-refractivity contribution >= 4 is 23.6 Å². The van der Waals surface area contributed by atoms with Gasteiger partial charge in [0.1, 0.15) is 30.2 Å². The predicted molar refractivity (Wildman–Crippen MR) is 195 cm³/mol. The van der Waals surface area contributed by atoms with Crippen LogP contribution in [0.1, 0.15) is 102 Å². The molecule has 12 nitrogen and oxygen atoms in total. The summed E-state index contributed by atoms with van der Waals surface area (Å²) >= 11 is 1.49. The van der Waals surface area contributed by atoms with Gasteiger partial charge in [0.25, 0.3) is 0 Å². The number of likely N-dealkylation sites (N-methyl/N-ethyl adjacent to an activating group) is 1. The Morgan fingerprint density at radius 1 is 1.10 bits per heavy atom. The molecule has 6 aliphatic heterocycles. The van der Waals surface area contributed by atoms with Gasteiger partial charge in [0, 0.05) is 53.6 Å². The number of aromatic hydroxyl groups is 1. The van der Waals surface area contributed by atoms with Crippen LogP contribution in [0.2, 0.25) is 0 Å². The largest absolute Gasteiger partial charge is 0.507 e. The molecule has 280 valence electrons. The van der Waals surface area contributed by atoms with Gasteiger partial charge in [-0.15, -0.1) is 11.8 Å². The normalized spacial score (nSPS) is 27.6. The van der Waals surface area contributed by atoms with Gasteiger partial charge in [0.05, 0.1) is 23.4 Å². The van der Waals surface area contributed by atoms with E-state index in [1.165, 1.54) is 11.8 Å². The van der Waals surface area contributed by atoms with E-state index < -0.39 is 29.3 Å². The number of benzene rings is 2. The molecule has 2 fully saturated rings. The number of piperazine rings is 1. The zero-order chi connectivity index (χ0) is 36.8. The smallest absolute Gasteiger partial charge is 0.329 e. The molecule has 2 aromatic carbocycles. The van der Waals surface area contributed by atoms with Crippen LogP contribution in [-0.2, 0) is 25.5 Å². The molecule has 6 aliphatic rings. The van der Waals surface area contributed by atoms with Gasteiger partial charge in [-0.2, -0.15) is 5.26 Å². The molecule has 52 heavy (non-hydrogen) atoms. The zero-order valence-electron chi connectivity index (χ0n) is 31.0. The van der Waals surface area contributed by atoms with Crippen molar-refractivity contribution in [1.82, 2.24) is 15.1 Å². The Balaban J connectivity index is 1.37. The van der Waals surface area contributed by atoms with Crippen LogP contribution in [0.15, 0.2) is 6.07 Å². The second-order valence-electron chi connectivity index (χ2n) is 14.7. The van der Waals surface area contributed by atoms with E-state index >= 15 is 0 Å². The van der Waals surface area contributed by atoms with Crippen LogP contribution in [0.5, 0.6) is 23.0 Å². The highest BCUT2D eigenvalue weighted by Crippen LogP contribution is 2.63. The minimum atomic E-state index is -0.883. The summed E-state index contributed by atoms with van der Waals surface area (Å²) in [5, 5.41) is 25.7. The van der Waals surface area contributed by atoms with Crippen LogP contribution >= 0.6 is 11.8 Å². The summed E-state index contributed by atoms with van der Waals surface area (Å²) in [7, 11) is 3.67. The fourth-order valence-electron chi connectivity index (χ4n) is 9.11. The van der Waals surface area contributed by atoms with Gasteiger partial charge in [0.2, 0.25) is 12.7 Å². The molecule has 0 radical (unpaired) electrons. The van der Waals surface area contributed by atoms with Gasteiger partial charge < -0.3 is 34.1 Å². The fraction of sp³-hybridized carbons (Fsp3) is 0.615. The Hall–Kier alpha value is -3.70. The number of ether oxygens (including phenoxy) is 5. The SMILES string of the molecule is CCCCCCCC(=O)N[C@H]1CS[C@@H]2c3c(O)c(C)c4c(c3[C@@H](COC1=O)N1C2[C@@H]2c3c(cc(C)c(C)c3OCOC)C[C@@H]([C@@H]1C#N)N2C)OCO4. The Bertz CT molecular complexity index is 1780. The second kappa shape index (κ2) is 15.0. The number of nitrogens with one attached hydrogen (secondary N) is 1. The number of phenols is 1. The first kappa shape index (κ1) is 36.6. The molecule has 7 atom stereocenters. The van der Waals surface area contributed by atoms with Crippen LogP contribution in [0.3, 0.4) is 0 Å². The standard InChI is InChI=1S/C39H50N4O8S/c1-7-8-9-10-11-12-28(44)41-24-17-52-38-31-30(37-36(50-19-51-37)22(4)34(31)45)27(16-48-39(24)46)43-26(15-40)25-14-23-13-20(2)21(3)35(49-18-47-6)29(23)32(33(38)43)42(25)5/h13,24-27,32-33,38,45H,7-12,14,16-19H2,1-6H3,(H,41,44)/t24-,25-,26-,27+,32-,33?,38+/m0/s1. The molecule has 1 amide bonds. The Kier molecular flexibility index (Phi) is 10.6. The minimum absolute atomic E-state index is 0.00572. The molecule has 0 saturated carbocycles. The van der Waals surface area contributed by atoms with E-state index in [0.29, 0.717) is 41.0 Å². The first-order valence-corrected chi connectivity index (χ1v) is 19.5. The number of amides is 1. The highest BCUT2D eigenvalue weighted by atomic mass is 32.2. The number of hydrogen-bond donors (Lipinski definition) is 2. The molecule has 13 heteroatoms. The van der Waals surface area contributed by atoms with Gasteiger partial charge in [-0.05, 0) is 57.4 Å². The van der Waals surface area contributed by atoms with Crippen LogP contribution < -0.4 is 19.5 Å². The number of phenolic OH excluding ortho intramolecular Hbond substituents is 1. The summed E-state index contributed by atoms with van der Waals surface area (Å²) in [6, 6.07) is 1.93. The third-order valence-electron chi connectivity index (χ3n) is 11.7. The van der Waals surface area contributed by atoms with Crippen molar-refractivity contribution in [3.8, 4) is 29.1 Å². The third kappa shape index (κ3) is 6.05. The fourth-order valence-corrected chi connectivity index (χ4v) is 10.6. The van der Waals surface area contributed by atoms with E-state index in [1.54, 1.807) is 7.11 Å². The lowest BCUT2D eigenvalue weighted by Gasteiger charge is -2.61. The Morgan fingerprint density at radius 2 is 1.87 bits per heavy atom. The Labute approximate surface area is 310 Å². The molecule has 8 rings (SSSR count). The van der Waals surface area contributed by atoms with E-state index in [1.807, 2.05) is 6.92 Å². The topological polar surface area (TPSA) is 143 Å². The van der Waals surface area contributed by atoms with Gasteiger partial charge in [-0.1, -0.05) is 38.7 Å². The first-order chi connectivity index (χ1) is 25.1. The molecule has 6 heterocycles. The van der Waals surface area contributed by atoms with Gasteiger partial charge in [-0.25, -0.2) is 4.79 Å². The van der Waals surface area contributed by atoms with Crippen molar-refractivity contribution in [3.05, 3.63) is 45.0 Å². The molecular weight excluding hydrogens is 685 g/mol. The number of rotatable bonds is 10. The van der Waals surface area contributed by atoms with Crippen molar-refractivity contribution in [2.24, 2.45) is 0 Å². The predicted octanol–water partition coefficient (Wildman–Crippen LogP) is 5.43. The zero-order valence-corrected chi connectivity index (χ0v) is 31.8. The molecule has 0 aromatic heterocycles. The van der Waals surface area contributed by atoms with Gasteiger partial charge in [0.15, 0.2) is 18.3 Å². The summed E-state index contributed by atoms with van der Waals surface area (Å²) in [4.78, 5) is 31.5. The molecule has 1 unspecified atom stereocenters. The van der Waals surface area contributed by atoms with Crippen molar-refractivity contribution < 1.29 is 38.4 Å². The number of fused-ring (bicyclic) bond motifs is 10. The summed E-state index contributed by atoms with van der Waals surface area (Å²) in [6.07, 6.45) is 6.01. The summed E-state index contributed by atoms with van der Waals surface area (Å²) in [5.41, 5.74) is 6.23. The van der Waals surface area contributed by atoms with Crippen molar-refractivity contribution in [1.29, 1.82) is 5.26 Å². The van der Waals surface area contributed by atoms with Crippen LogP contribution in [0.4, 0.5) is 0 Å². The Morgan fingerprint density at radius 3 is 2.62 bits per heavy atom. The maximum atomic E-state index is 13.8. The van der Waals surface area contributed by atoms with E-state index in [2.05, 4.69) is 55.1 Å². The number of thioether (sulfide) groups is 1. The van der Waals surface area contributed by atoms with Crippen molar-refractivity contribution in [3.63, 3.8) is 0 Å². The molecule has 2 aromatic rings. The number of carbonyl (C=O) groups excluding carboxylic acids is 2.